The highest BCUT2D eigenvalue weighted by Gasteiger charge is 2.18. The van der Waals surface area contributed by atoms with Gasteiger partial charge in [0, 0.05) is 0 Å². The minimum absolute atomic E-state index is 0.290. The fourth-order valence-electron chi connectivity index (χ4n) is 1.44. The second-order valence-corrected chi connectivity index (χ2v) is 2.92. The normalized spacial score (nSPS) is 19.5. The molecule has 64 valence electrons. The predicted molar refractivity (Wildman–Crippen MR) is 49.6 cm³/mol. The topological polar surface area (TPSA) is 37.3 Å². The number of benzene rings is 1. The minimum atomic E-state index is -0.821. The van der Waals surface area contributed by atoms with Crippen LogP contribution < -0.4 is 0 Å². The molecule has 1 aromatic carbocycles. The van der Waals surface area contributed by atoms with Crippen LogP contribution in [0.5, 0.6) is 0 Å². The predicted octanol–water partition coefficient (Wildman–Crippen LogP) is 1.50. The van der Waals surface area contributed by atoms with Gasteiger partial charge < -0.3 is 5.11 Å². The lowest BCUT2D eigenvalue weighted by atomic mass is 9.92. The molecule has 0 saturated heterocycles. The summed E-state index contributed by atoms with van der Waals surface area (Å²) < 4.78 is 0. The SMILES string of the molecule is O=C=C1C=Cc2ccccc2C1O. The highest BCUT2D eigenvalue weighted by atomic mass is 16.3. The van der Waals surface area contributed by atoms with Crippen LogP contribution in [0.2, 0.25) is 0 Å². The molecule has 0 heterocycles. The van der Waals surface area contributed by atoms with Gasteiger partial charge in [-0.2, -0.15) is 0 Å². The zero-order valence-corrected chi connectivity index (χ0v) is 6.90. The van der Waals surface area contributed by atoms with Crippen molar-refractivity contribution in [1.82, 2.24) is 0 Å². The van der Waals surface area contributed by atoms with Crippen molar-refractivity contribution in [2.24, 2.45) is 0 Å². The second kappa shape index (κ2) is 3.02. The Morgan fingerprint density at radius 3 is 2.77 bits per heavy atom. The van der Waals surface area contributed by atoms with Gasteiger partial charge in [0.25, 0.3) is 0 Å². The highest BCUT2D eigenvalue weighted by Crippen LogP contribution is 2.29. The van der Waals surface area contributed by atoms with Gasteiger partial charge >= 0.3 is 0 Å². The molecular formula is C11H8O2. The molecular weight excluding hydrogens is 164 g/mol. The quantitative estimate of drug-likeness (QED) is 0.602. The molecule has 0 radical (unpaired) electrons. The Labute approximate surface area is 75.8 Å². The molecule has 1 N–H and O–H groups in total. The summed E-state index contributed by atoms with van der Waals surface area (Å²) in [6.07, 6.45) is 2.58. The summed E-state index contributed by atoms with van der Waals surface area (Å²) in [7, 11) is 0. The smallest absolute Gasteiger partial charge is 0.131 e. The number of rotatable bonds is 0. The Bertz CT molecular complexity index is 412. The Balaban J connectivity index is 2.61. The lowest BCUT2D eigenvalue weighted by molar-refractivity contribution is 0.219. The van der Waals surface area contributed by atoms with Crippen LogP contribution in [-0.2, 0) is 4.79 Å². The fraction of sp³-hybridized carbons (Fsp3) is 0.0909. The molecule has 2 nitrogen and oxygen atoms in total. The van der Waals surface area contributed by atoms with Crippen LogP contribution in [0.25, 0.3) is 6.08 Å². The van der Waals surface area contributed by atoms with Gasteiger partial charge in [-0.3, -0.25) is 0 Å². The van der Waals surface area contributed by atoms with Gasteiger partial charge in [0.1, 0.15) is 12.0 Å². The van der Waals surface area contributed by atoms with E-state index < -0.39 is 6.10 Å². The summed E-state index contributed by atoms with van der Waals surface area (Å²) >= 11 is 0. The van der Waals surface area contributed by atoms with Crippen molar-refractivity contribution in [3.8, 4) is 0 Å². The van der Waals surface area contributed by atoms with Gasteiger partial charge in [0.2, 0.25) is 0 Å². The van der Waals surface area contributed by atoms with E-state index in [0.717, 1.165) is 11.1 Å². The van der Waals surface area contributed by atoms with Gasteiger partial charge in [0.15, 0.2) is 0 Å². The maximum absolute atomic E-state index is 10.4. The molecule has 0 saturated carbocycles. The van der Waals surface area contributed by atoms with E-state index in [4.69, 9.17) is 0 Å². The zero-order chi connectivity index (χ0) is 9.26. The molecule has 0 bridgehead atoms. The number of aliphatic hydroxyl groups is 1. The first-order valence-electron chi connectivity index (χ1n) is 4.03. The molecule has 0 spiro atoms. The first kappa shape index (κ1) is 7.99. The summed E-state index contributed by atoms with van der Waals surface area (Å²) in [6, 6.07) is 7.44. The van der Waals surface area contributed by atoms with Crippen LogP contribution in [0.3, 0.4) is 0 Å². The standard InChI is InChI=1S/C11H8O2/c12-7-9-6-5-8-3-1-2-4-10(8)11(9)13/h1-6,11,13H. The Morgan fingerprint density at radius 1 is 1.23 bits per heavy atom. The van der Waals surface area contributed by atoms with E-state index in [0.29, 0.717) is 5.57 Å². The van der Waals surface area contributed by atoms with E-state index in [2.05, 4.69) is 0 Å². The summed E-state index contributed by atoms with van der Waals surface area (Å²) in [4.78, 5) is 10.4. The molecule has 0 fully saturated rings. The molecule has 1 unspecified atom stereocenters. The summed E-state index contributed by atoms with van der Waals surface area (Å²) in [6.45, 7) is 0. The Hall–Kier alpha value is -1.63. The average molecular weight is 172 g/mol. The maximum Gasteiger partial charge on any atom is 0.131 e. The molecule has 0 aromatic heterocycles. The number of carbonyl (C=O) groups excluding carboxylic acids is 1. The average Bonchev–Trinajstić information content (AvgIpc) is 2.19. The fourth-order valence-corrected chi connectivity index (χ4v) is 1.44. The minimum Gasteiger partial charge on any atom is -0.383 e. The van der Waals surface area contributed by atoms with Gasteiger partial charge in [-0.15, -0.1) is 0 Å². The van der Waals surface area contributed by atoms with E-state index in [1.165, 1.54) is 0 Å². The van der Waals surface area contributed by atoms with E-state index in [9.17, 15) is 9.90 Å². The summed E-state index contributed by atoms with van der Waals surface area (Å²) in [5.74, 6) is 1.72. The van der Waals surface area contributed by atoms with Crippen LogP contribution in [0.15, 0.2) is 35.9 Å². The maximum atomic E-state index is 10.4. The molecule has 1 aliphatic carbocycles. The monoisotopic (exact) mass is 172 g/mol. The van der Waals surface area contributed by atoms with Crippen molar-refractivity contribution in [3.05, 3.63) is 47.0 Å². The van der Waals surface area contributed by atoms with Crippen LogP contribution in [0.4, 0.5) is 0 Å². The van der Waals surface area contributed by atoms with Crippen molar-refractivity contribution < 1.29 is 9.90 Å². The number of aliphatic hydroxyl groups excluding tert-OH is 1. The lowest BCUT2D eigenvalue weighted by Gasteiger charge is -2.16. The number of hydrogen-bond donors (Lipinski definition) is 1. The van der Waals surface area contributed by atoms with E-state index in [-0.39, 0.29) is 0 Å². The molecule has 13 heavy (non-hydrogen) atoms. The molecule has 2 heteroatoms. The van der Waals surface area contributed by atoms with E-state index in [1.54, 1.807) is 18.1 Å². The first-order valence-corrected chi connectivity index (χ1v) is 4.03. The highest BCUT2D eigenvalue weighted by molar-refractivity contribution is 5.71. The van der Waals surface area contributed by atoms with Crippen molar-refractivity contribution >= 4 is 12.0 Å². The third-order valence-corrected chi connectivity index (χ3v) is 2.15. The molecule has 1 aromatic rings. The Kier molecular flexibility index (Phi) is 1.85. The summed E-state index contributed by atoms with van der Waals surface area (Å²) in [5, 5.41) is 9.67. The van der Waals surface area contributed by atoms with Gasteiger partial charge in [-0.05, 0) is 17.2 Å². The van der Waals surface area contributed by atoms with Crippen LogP contribution in [0, 0.1) is 0 Å². The third kappa shape index (κ3) is 1.22. The van der Waals surface area contributed by atoms with Gasteiger partial charge in [0.05, 0.1) is 5.57 Å². The first-order chi connectivity index (χ1) is 6.33. The Morgan fingerprint density at radius 2 is 2.00 bits per heavy atom. The van der Waals surface area contributed by atoms with Crippen molar-refractivity contribution in [2.75, 3.05) is 0 Å². The van der Waals surface area contributed by atoms with E-state index >= 15 is 0 Å². The van der Waals surface area contributed by atoms with Gasteiger partial charge in [-0.1, -0.05) is 30.3 Å². The summed E-state index contributed by atoms with van der Waals surface area (Å²) in [5.41, 5.74) is 2.01. The van der Waals surface area contributed by atoms with Crippen LogP contribution >= 0.6 is 0 Å². The number of hydrogen-bond acceptors (Lipinski definition) is 2. The lowest BCUT2D eigenvalue weighted by Crippen LogP contribution is -2.05. The van der Waals surface area contributed by atoms with Crippen LogP contribution in [0.1, 0.15) is 17.2 Å². The van der Waals surface area contributed by atoms with Crippen molar-refractivity contribution in [1.29, 1.82) is 0 Å². The second-order valence-electron chi connectivity index (χ2n) is 2.92. The van der Waals surface area contributed by atoms with Gasteiger partial charge in [-0.25, -0.2) is 4.79 Å². The molecule has 1 aliphatic rings. The largest absolute Gasteiger partial charge is 0.383 e. The van der Waals surface area contributed by atoms with Crippen LogP contribution in [-0.4, -0.2) is 11.0 Å². The van der Waals surface area contributed by atoms with Crippen molar-refractivity contribution in [3.63, 3.8) is 0 Å². The zero-order valence-electron chi connectivity index (χ0n) is 6.90. The molecule has 1 atom stereocenters. The van der Waals surface area contributed by atoms with Crippen molar-refractivity contribution in [2.45, 2.75) is 6.10 Å². The molecule has 0 amide bonds. The molecule has 2 rings (SSSR count). The molecule has 0 aliphatic heterocycles. The van der Waals surface area contributed by atoms with E-state index in [1.807, 2.05) is 24.3 Å². The number of fused-ring (bicyclic) bond motifs is 1. The third-order valence-electron chi connectivity index (χ3n) is 2.15.